The summed E-state index contributed by atoms with van der Waals surface area (Å²) in [7, 11) is 2.83. The number of aliphatic hydroxyl groups excluding tert-OH is 1. The van der Waals surface area contributed by atoms with Crippen molar-refractivity contribution in [3.8, 4) is 10.6 Å². The zero-order valence-corrected chi connectivity index (χ0v) is 21.7. The van der Waals surface area contributed by atoms with Crippen molar-refractivity contribution in [1.82, 2.24) is 14.5 Å². The maximum Gasteiger partial charge on any atom is 0.336 e. The van der Waals surface area contributed by atoms with Gasteiger partial charge >= 0.3 is 5.97 Å². The maximum atomic E-state index is 13.1. The first-order chi connectivity index (χ1) is 18.9. The van der Waals surface area contributed by atoms with E-state index in [2.05, 4.69) is 20.0 Å². The van der Waals surface area contributed by atoms with Crippen LogP contribution < -0.4 is 10.2 Å². The predicted molar refractivity (Wildman–Crippen MR) is 145 cm³/mol. The Balaban J connectivity index is 1.47. The number of hydrogen-bond acceptors (Lipinski definition) is 9. The Kier molecular flexibility index (Phi) is 7.21. The Bertz CT molecular complexity index is 1640. The lowest BCUT2D eigenvalue weighted by molar-refractivity contribution is -0.150. The van der Waals surface area contributed by atoms with E-state index < -0.39 is 18.0 Å². The summed E-state index contributed by atoms with van der Waals surface area (Å²) in [5.41, 5.74) is 2.08. The average Bonchev–Trinajstić information content (AvgIpc) is 3.73. The Hall–Kier alpha value is -4.81. The van der Waals surface area contributed by atoms with Gasteiger partial charge in [0.25, 0.3) is 11.8 Å². The van der Waals surface area contributed by atoms with Crippen molar-refractivity contribution in [3.05, 3.63) is 83.7 Å². The summed E-state index contributed by atoms with van der Waals surface area (Å²) in [6, 6.07) is 17.4. The molecule has 5 rings (SSSR count). The fourth-order valence-electron chi connectivity index (χ4n) is 3.98. The number of oxazole rings is 1. The summed E-state index contributed by atoms with van der Waals surface area (Å²) >= 11 is 1.21. The molecule has 198 valence electrons. The normalized spacial score (nSPS) is 11.8. The van der Waals surface area contributed by atoms with Gasteiger partial charge in [0.05, 0.1) is 40.6 Å². The number of methoxy groups -OCH3 is 1. The molecule has 0 radical (unpaired) electrons. The zero-order chi connectivity index (χ0) is 27.5. The number of benzene rings is 2. The van der Waals surface area contributed by atoms with E-state index in [1.165, 1.54) is 34.3 Å². The van der Waals surface area contributed by atoms with Crippen molar-refractivity contribution in [2.75, 3.05) is 24.4 Å². The third-order valence-corrected chi connectivity index (χ3v) is 7.10. The highest BCUT2D eigenvalue weighted by molar-refractivity contribution is 7.17. The van der Waals surface area contributed by atoms with Crippen LogP contribution in [0.5, 0.6) is 0 Å². The molecule has 0 bridgehead atoms. The number of rotatable bonds is 8. The van der Waals surface area contributed by atoms with E-state index in [0.29, 0.717) is 32.9 Å². The Morgan fingerprint density at radius 1 is 1.15 bits per heavy atom. The summed E-state index contributed by atoms with van der Waals surface area (Å²) in [5, 5.41) is 13.1. The van der Waals surface area contributed by atoms with Crippen molar-refractivity contribution in [2.45, 2.75) is 12.6 Å². The molecule has 0 saturated heterocycles. The number of fused-ring (bicyclic) bond motifs is 1. The standard InChI is InChI=1S/C27H23N5O6S/c1-31(25(35)16-6-4-3-5-7-16)17-8-9-19-18(12-17)29-27(32(19)14-20(33)26(36)37-2)30-24(34)23-11-10-22(39-23)21-13-28-15-38-21/h3-13,15,20,33H,14H2,1-2H3,(H,29,30,34). The highest BCUT2D eigenvalue weighted by Crippen LogP contribution is 2.30. The molecule has 1 unspecified atom stereocenters. The Morgan fingerprint density at radius 3 is 2.67 bits per heavy atom. The molecule has 0 aliphatic carbocycles. The van der Waals surface area contributed by atoms with Crippen molar-refractivity contribution in [2.24, 2.45) is 0 Å². The van der Waals surface area contributed by atoms with Crippen molar-refractivity contribution >= 4 is 51.8 Å². The largest absolute Gasteiger partial charge is 0.467 e. The molecule has 0 spiro atoms. The van der Waals surface area contributed by atoms with E-state index in [4.69, 9.17) is 4.42 Å². The van der Waals surface area contributed by atoms with E-state index in [-0.39, 0.29) is 18.4 Å². The van der Waals surface area contributed by atoms with Gasteiger partial charge in [0, 0.05) is 18.3 Å². The van der Waals surface area contributed by atoms with E-state index in [1.807, 2.05) is 6.07 Å². The topological polar surface area (TPSA) is 140 Å². The predicted octanol–water partition coefficient (Wildman–Crippen LogP) is 3.82. The number of nitrogens with one attached hydrogen (secondary N) is 1. The lowest BCUT2D eigenvalue weighted by Crippen LogP contribution is -2.28. The monoisotopic (exact) mass is 545 g/mol. The molecular formula is C27H23N5O6S. The van der Waals surface area contributed by atoms with Crippen LogP contribution in [0.1, 0.15) is 20.0 Å². The van der Waals surface area contributed by atoms with Crippen molar-refractivity contribution < 1.29 is 28.6 Å². The fraction of sp³-hybridized carbons (Fsp3) is 0.148. The average molecular weight is 546 g/mol. The third kappa shape index (κ3) is 5.28. The zero-order valence-electron chi connectivity index (χ0n) is 20.9. The van der Waals surface area contributed by atoms with E-state index in [9.17, 15) is 19.5 Å². The Labute approximate surface area is 226 Å². The molecule has 2 amide bonds. The van der Waals surface area contributed by atoms with Crippen molar-refractivity contribution in [1.29, 1.82) is 0 Å². The minimum absolute atomic E-state index is 0.113. The van der Waals surface area contributed by atoms with Crippen LogP contribution in [-0.4, -0.2) is 57.7 Å². The number of ether oxygens (including phenoxy) is 1. The summed E-state index contributed by atoms with van der Waals surface area (Å²) in [6.07, 6.45) is 1.37. The van der Waals surface area contributed by atoms with Gasteiger partial charge in [0.1, 0.15) is 0 Å². The van der Waals surface area contributed by atoms with Gasteiger partial charge in [-0.15, -0.1) is 11.3 Å². The van der Waals surface area contributed by atoms with Crippen LogP contribution in [0, 0.1) is 0 Å². The molecule has 39 heavy (non-hydrogen) atoms. The number of aromatic nitrogens is 3. The Morgan fingerprint density at radius 2 is 1.95 bits per heavy atom. The minimum Gasteiger partial charge on any atom is -0.467 e. The summed E-state index contributed by atoms with van der Waals surface area (Å²) in [6.45, 7) is -0.218. The molecule has 0 aliphatic heterocycles. The SMILES string of the molecule is COC(=O)C(O)Cn1c(NC(=O)c2ccc(-c3cnco3)s2)nc2cc(N(C)C(=O)c3ccccc3)ccc21. The molecule has 1 atom stereocenters. The minimum atomic E-state index is -1.50. The number of carbonyl (C=O) groups is 3. The smallest absolute Gasteiger partial charge is 0.336 e. The molecule has 5 aromatic rings. The number of carbonyl (C=O) groups excluding carboxylic acids is 3. The summed E-state index contributed by atoms with van der Waals surface area (Å²) in [5.74, 6) is -0.819. The number of thiophene rings is 1. The van der Waals surface area contributed by atoms with Crippen LogP contribution in [-0.2, 0) is 16.1 Å². The molecule has 0 aliphatic rings. The van der Waals surface area contributed by atoms with Gasteiger partial charge in [0.2, 0.25) is 5.95 Å². The number of amides is 2. The van der Waals surface area contributed by atoms with Crippen LogP contribution in [0.25, 0.3) is 21.7 Å². The lowest BCUT2D eigenvalue weighted by Gasteiger charge is -2.17. The first kappa shape index (κ1) is 25.8. The molecule has 3 heterocycles. The van der Waals surface area contributed by atoms with Crippen LogP contribution in [0.15, 0.2) is 77.7 Å². The van der Waals surface area contributed by atoms with Crippen LogP contribution in [0.2, 0.25) is 0 Å². The second kappa shape index (κ2) is 10.9. The summed E-state index contributed by atoms with van der Waals surface area (Å²) < 4.78 is 11.5. The molecule has 2 N–H and O–H groups in total. The molecule has 12 heteroatoms. The molecule has 2 aromatic carbocycles. The molecular weight excluding hydrogens is 522 g/mol. The number of nitrogens with zero attached hydrogens (tertiary/aromatic N) is 4. The molecule has 0 saturated carbocycles. The highest BCUT2D eigenvalue weighted by Gasteiger charge is 2.23. The summed E-state index contributed by atoms with van der Waals surface area (Å²) in [4.78, 5) is 49.1. The molecule has 11 nitrogen and oxygen atoms in total. The van der Waals surface area contributed by atoms with Gasteiger partial charge in [-0.25, -0.2) is 14.8 Å². The van der Waals surface area contributed by atoms with E-state index >= 15 is 0 Å². The number of imidazole rings is 1. The first-order valence-electron chi connectivity index (χ1n) is 11.7. The molecule has 0 fully saturated rings. The number of aliphatic hydroxyl groups is 1. The number of hydrogen-bond donors (Lipinski definition) is 2. The van der Waals surface area contributed by atoms with Gasteiger partial charge in [0.15, 0.2) is 18.3 Å². The molecule has 3 aromatic heterocycles. The highest BCUT2D eigenvalue weighted by atomic mass is 32.1. The third-order valence-electron chi connectivity index (χ3n) is 6.00. The van der Waals surface area contributed by atoms with E-state index in [1.54, 1.807) is 67.8 Å². The number of anilines is 2. The van der Waals surface area contributed by atoms with Crippen LogP contribution in [0.3, 0.4) is 0 Å². The second-order valence-electron chi connectivity index (χ2n) is 8.47. The van der Waals surface area contributed by atoms with Crippen molar-refractivity contribution in [3.63, 3.8) is 0 Å². The quantitative estimate of drug-likeness (QED) is 0.281. The van der Waals surface area contributed by atoms with Gasteiger partial charge in [-0.2, -0.15) is 0 Å². The van der Waals surface area contributed by atoms with Gasteiger partial charge in [-0.3, -0.25) is 14.9 Å². The lowest BCUT2D eigenvalue weighted by atomic mass is 10.2. The van der Waals surface area contributed by atoms with Gasteiger partial charge in [-0.05, 0) is 42.5 Å². The van der Waals surface area contributed by atoms with Crippen LogP contribution in [0.4, 0.5) is 11.6 Å². The first-order valence-corrected chi connectivity index (χ1v) is 12.6. The van der Waals surface area contributed by atoms with E-state index in [0.717, 1.165) is 4.88 Å². The van der Waals surface area contributed by atoms with Gasteiger partial charge in [-0.1, -0.05) is 18.2 Å². The second-order valence-corrected chi connectivity index (χ2v) is 9.56. The maximum absolute atomic E-state index is 13.1. The van der Waals surface area contributed by atoms with Crippen LogP contribution >= 0.6 is 11.3 Å². The number of esters is 1. The van der Waals surface area contributed by atoms with Gasteiger partial charge < -0.3 is 23.7 Å². The fourth-order valence-corrected chi connectivity index (χ4v) is 4.83.